The fourth-order valence-electron chi connectivity index (χ4n) is 5.55. The van der Waals surface area contributed by atoms with Crippen LogP contribution >= 0.6 is 11.3 Å². The minimum atomic E-state index is -0.285. The number of rotatable bonds is 6. The number of anilines is 1. The summed E-state index contributed by atoms with van der Waals surface area (Å²) < 4.78 is 15.1. The summed E-state index contributed by atoms with van der Waals surface area (Å²) in [6.45, 7) is 2.66. The molecule has 1 N–H and O–H groups in total. The highest BCUT2D eigenvalue weighted by atomic mass is 32.1. The van der Waals surface area contributed by atoms with E-state index < -0.39 is 0 Å². The van der Waals surface area contributed by atoms with E-state index >= 15 is 0 Å². The van der Waals surface area contributed by atoms with E-state index in [-0.39, 0.29) is 17.4 Å². The maximum absolute atomic E-state index is 14.0. The summed E-state index contributed by atoms with van der Waals surface area (Å²) in [6, 6.07) is 16.8. The van der Waals surface area contributed by atoms with Gasteiger partial charge in [0.1, 0.15) is 10.6 Å². The number of nitrogens with one attached hydrogen (secondary N) is 1. The molecule has 1 fully saturated rings. The second kappa shape index (κ2) is 10.6. The van der Waals surface area contributed by atoms with E-state index in [1.54, 1.807) is 29.7 Å². The molecule has 0 unspecified atom stereocenters. The summed E-state index contributed by atoms with van der Waals surface area (Å²) in [7, 11) is 0. The van der Waals surface area contributed by atoms with Crippen molar-refractivity contribution in [3.8, 4) is 0 Å². The van der Waals surface area contributed by atoms with Gasteiger partial charge < -0.3 is 0 Å². The molecule has 1 saturated carbocycles. The first-order valence-corrected chi connectivity index (χ1v) is 13.8. The van der Waals surface area contributed by atoms with Crippen molar-refractivity contribution in [2.75, 3.05) is 12.0 Å². The second-order valence-electron chi connectivity index (χ2n) is 9.95. The van der Waals surface area contributed by atoms with Crippen molar-refractivity contribution in [1.29, 1.82) is 0 Å². The molecule has 0 bridgehead atoms. The van der Waals surface area contributed by atoms with E-state index in [0.29, 0.717) is 5.95 Å². The molecule has 8 heteroatoms. The van der Waals surface area contributed by atoms with Crippen LogP contribution in [-0.2, 0) is 19.5 Å². The Labute approximate surface area is 219 Å². The molecule has 4 aromatic rings. The van der Waals surface area contributed by atoms with Gasteiger partial charge in [-0.3, -0.25) is 14.3 Å². The fourth-order valence-corrected chi connectivity index (χ4v) is 6.81. The molecule has 6 rings (SSSR count). The summed E-state index contributed by atoms with van der Waals surface area (Å²) in [5.74, 6) is 0.204. The lowest BCUT2D eigenvalue weighted by Gasteiger charge is -2.27. The highest BCUT2D eigenvalue weighted by Crippen LogP contribution is 2.36. The van der Waals surface area contributed by atoms with E-state index in [0.717, 1.165) is 67.5 Å². The molecular formula is C29H30FN5OS. The van der Waals surface area contributed by atoms with Crippen molar-refractivity contribution in [2.24, 2.45) is 5.10 Å². The minimum absolute atomic E-state index is 0.0467. The zero-order valence-electron chi connectivity index (χ0n) is 20.7. The van der Waals surface area contributed by atoms with Crippen LogP contribution in [0.1, 0.15) is 59.7 Å². The van der Waals surface area contributed by atoms with Crippen LogP contribution in [0, 0.1) is 5.82 Å². The van der Waals surface area contributed by atoms with Crippen molar-refractivity contribution < 1.29 is 4.39 Å². The average Bonchev–Trinajstić information content (AvgIpc) is 3.29. The minimum Gasteiger partial charge on any atom is -0.294 e. The Kier molecular flexibility index (Phi) is 6.85. The normalized spacial score (nSPS) is 16.9. The van der Waals surface area contributed by atoms with Crippen LogP contribution < -0.4 is 11.0 Å². The molecule has 0 saturated heterocycles. The lowest BCUT2D eigenvalue weighted by Crippen LogP contribution is -2.31. The standard InChI is InChI=1S/C29H30FN5OS/c30-22-13-11-20(12-14-22)17-31-33-29-32-27-26(28(36)35(29)23-9-5-2-6-10-23)24-15-16-34(19-25(24)37-27)18-21-7-3-1-4-8-21/h1,3-4,7-8,11-14,17,23H,2,5-6,9-10,15-16,18-19H2,(H,32,33)/b31-17-. The fraction of sp³-hybridized carbons (Fsp3) is 0.345. The van der Waals surface area contributed by atoms with E-state index in [9.17, 15) is 9.18 Å². The van der Waals surface area contributed by atoms with Crippen molar-refractivity contribution in [1.82, 2.24) is 14.5 Å². The molecule has 0 amide bonds. The SMILES string of the molecule is O=c1c2c3c(sc2nc(N/N=C\c2ccc(F)cc2)n1C1CCCCC1)CN(Cc1ccccc1)CC3. The van der Waals surface area contributed by atoms with Gasteiger partial charge >= 0.3 is 0 Å². The average molecular weight is 516 g/mol. The molecule has 0 atom stereocenters. The lowest BCUT2D eigenvalue weighted by atomic mass is 9.95. The molecule has 1 aliphatic heterocycles. The van der Waals surface area contributed by atoms with Crippen LogP contribution in [0.4, 0.5) is 10.3 Å². The third kappa shape index (κ3) is 5.08. The van der Waals surface area contributed by atoms with Crippen LogP contribution in [0.3, 0.4) is 0 Å². The predicted molar refractivity (Wildman–Crippen MR) is 148 cm³/mol. The lowest BCUT2D eigenvalue weighted by molar-refractivity contribution is 0.249. The summed E-state index contributed by atoms with van der Waals surface area (Å²) >= 11 is 1.63. The molecule has 0 radical (unpaired) electrons. The maximum atomic E-state index is 14.0. The highest BCUT2D eigenvalue weighted by Gasteiger charge is 2.28. The summed E-state index contributed by atoms with van der Waals surface area (Å²) in [4.78, 5) is 23.4. The number of fused-ring (bicyclic) bond motifs is 3. The predicted octanol–water partition coefficient (Wildman–Crippen LogP) is 6.11. The first-order valence-electron chi connectivity index (χ1n) is 13.0. The molecule has 37 heavy (non-hydrogen) atoms. The largest absolute Gasteiger partial charge is 0.294 e. The van der Waals surface area contributed by atoms with Gasteiger partial charge in [0.15, 0.2) is 0 Å². The molecule has 2 aromatic carbocycles. The van der Waals surface area contributed by atoms with Gasteiger partial charge in [0.2, 0.25) is 5.95 Å². The van der Waals surface area contributed by atoms with E-state index in [2.05, 4.69) is 39.7 Å². The Balaban J connectivity index is 1.34. The topological polar surface area (TPSA) is 62.5 Å². The molecule has 3 heterocycles. The number of aromatic nitrogens is 2. The molecule has 2 aliphatic rings. The number of nitrogens with zero attached hydrogens (tertiary/aromatic N) is 4. The van der Waals surface area contributed by atoms with Gasteiger partial charge in [-0.15, -0.1) is 11.3 Å². The van der Waals surface area contributed by atoms with Gasteiger partial charge in [-0.2, -0.15) is 5.10 Å². The van der Waals surface area contributed by atoms with Crippen LogP contribution in [0.5, 0.6) is 0 Å². The number of thiophene rings is 1. The van der Waals surface area contributed by atoms with Gasteiger partial charge in [0.05, 0.1) is 11.6 Å². The third-order valence-electron chi connectivity index (χ3n) is 7.42. The molecule has 0 spiro atoms. The zero-order chi connectivity index (χ0) is 25.2. The Morgan fingerprint density at radius 1 is 1.08 bits per heavy atom. The molecular weight excluding hydrogens is 485 g/mol. The Hall–Kier alpha value is -3.36. The molecule has 190 valence electrons. The van der Waals surface area contributed by atoms with E-state index in [4.69, 9.17) is 4.98 Å². The molecule has 2 aromatic heterocycles. The van der Waals surface area contributed by atoms with Crippen molar-refractivity contribution in [3.05, 3.63) is 92.3 Å². The van der Waals surface area contributed by atoms with Crippen molar-refractivity contribution in [2.45, 2.75) is 57.7 Å². The van der Waals surface area contributed by atoms with Crippen LogP contribution in [0.25, 0.3) is 10.2 Å². The summed E-state index contributed by atoms with van der Waals surface area (Å²) in [5, 5.41) is 5.15. The monoisotopic (exact) mass is 515 g/mol. The summed E-state index contributed by atoms with van der Waals surface area (Å²) in [5.41, 5.74) is 6.34. The first kappa shape index (κ1) is 24.0. The Bertz CT molecular complexity index is 1470. The quantitative estimate of drug-likeness (QED) is 0.249. The summed E-state index contributed by atoms with van der Waals surface area (Å²) in [6.07, 6.45) is 7.87. The Morgan fingerprint density at radius 3 is 2.65 bits per heavy atom. The number of hydrogen-bond donors (Lipinski definition) is 1. The second-order valence-corrected chi connectivity index (χ2v) is 11.0. The van der Waals surface area contributed by atoms with Crippen LogP contribution in [0.15, 0.2) is 64.5 Å². The van der Waals surface area contributed by atoms with Crippen LogP contribution in [-0.4, -0.2) is 27.2 Å². The maximum Gasteiger partial charge on any atom is 0.264 e. The molecule has 6 nitrogen and oxygen atoms in total. The van der Waals surface area contributed by atoms with E-state index in [1.165, 1.54) is 34.6 Å². The Morgan fingerprint density at radius 2 is 1.86 bits per heavy atom. The van der Waals surface area contributed by atoms with Gasteiger partial charge in [-0.1, -0.05) is 61.7 Å². The van der Waals surface area contributed by atoms with Gasteiger partial charge in [0.25, 0.3) is 5.56 Å². The smallest absolute Gasteiger partial charge is 0.264 e. The van der Waals surface area contributed by atoms with Gasteiger partial charge in [0, 0.05) is 30.6 Å². The number of hydrogen-bond acceptors (Lipinski definition) is 6. The number of benzene rings is 2. The first-order chi connectivity index (χ1) is 18.2. The third-order valence-corrected chi connectivity index (χ3v) is 8.53. The highest BCUT2D eigenvalue weighted by molar-refractivity contribution is 7.18. The number of halogens is 1. The zero-order valence-corrected chi connectivity index (χ0v) is 21.5. The van der Waals surface area contributed by atoms with Crippen molar-refractivity contribution in [3.63, 3.8) is 0 Å². The van der Waals surface area contributed by atoms with Crippen LogP contribution in [0.2, 0.25) is 0 Å². The number of hydrazone groups is 1. The van der Waals surface area contributed by atoms with Gasteiger partial charge in [-0.05, 0) is 48.1 Å². The van der Waals surface area contributed by atoms with Crippen molar-refractivity contribution >= 4 is 33.7 Å². The van der Waals surface area contributed by atoms with Gasteiger partial charge in [-0.25, -0.2) is 14.8 Å². The molecule has 1 aliphatic carbocycles. The van der Waals surface area contributed by atoms with E-state index in [1.807, 2.05) is 10.6 Å².